The van der Waals surface area contributed by atoms with E-state index in [1.807, 2.05) is 12.3 Å². The first-order valence-electron chi connectivity index (χ1n) is 6.71. The Morgan fingerprint density at radius 2 is 2.32 bits per heavy atom. The average Bonchev–Trinajstić information content (AvgIpc) is 2.94. The van der Waals surface area contributed by atoms with Crippen LogP contribution in [0.2, 0.25) is 0 Å². The molecule has 3 rings (SSSR count). The Kier molecular flexibility index (Phi) is 2.74. The highest BCUT2D eigenvalue weighted by molar-refractivity contribution is 5.30. The van der Waals surface area contributed by atoms with Crippen LogP contribution >= 0.6 is 0 Å². The molecule has 0 saturated carbocycles. The van der Waals surface area contributed by atoms with Crippen molar-refractivity contribution in [2.24, 2.45) is 5.41 Å². The summed E-state index contributed by atoms with van der Waals surface area (Å²) >= 11 is 0. The van der Waals surface area contributed by atoms with Crippen molar-refractivity contribution < 1.29 is 5.11 Å². The third-order valence-electron chi connectivity index (χ3n) is 4.06. The van der Waals surface area contributed by atoms with Crippen LogP contribution in [0.1, 0.15) is 56.4 Å². The lowest BCUT2D eigenvalue weighted by Crippen LogP contribution is -2.27. The molecule has 0 spiro atoms. The second kappa shape index (κ2) is 4.20. The Morgan fingerprint density at radius 3 is 3.00 bits per heavy atom. The largest absolute Gasteiger partial charge is 0.388 e. The van der Waals surface area contributed by atoms with E-state index < -0.39 is 0 Å². The van der Waals surface area contributed by atoms with E-state index in [-0.39, 0.29) is 17.6 Å². The average molecular weight is 260 g/mol. The quantitative estimate of drug-likeness (QED) is 0.870. The molecule has 102 valence electrons. The zero-order valence-corrected chi connectivity index (χ0v) is 11.6. The zero-order valence-electron chi connectivity index (χ0n) is 11.6. The second-order valence-corrected chi connectivity index (χ2v) is 6.23. The van der Waals surface area contributed by atoms with Gasteiger partial charge in [-0.25, -0.2) is 4.98 Å². The molecule has 2 heterocycles. The van der Waals surface area contributed by atoms with Crippen LogP contribution in [-0.2, 0) is 6.42 Å². The molecule has 1 aliphatic carbocycles. The van der Waals surface area contributed by atoms with Gasteiger partial charge in [-0.2, -0.15) is 5.10 Å². The van der Waals surface area contributed by atoms with Gasteiger partial charge in [0.2, 0.25) is 0 Å². The Bertz CT molecular complexity index is 570. The van der Waals surface area contributed by atoms with Gasteiger partial charge in [-0.05, 0) is 31.2 Å². The molecule has 2 unspecified atom stereocenters. The molecule has 2 N–H and O–H groups in total. The molecule has 2 aromatic rings. The van der Waals surface area contributed by atoms with Crippen LogP contribution in [0, 0.1) is 5.41 Å². The number of aromatic amines is 1. The van der Waals surface area contributed by atoms with E-state index >= 15 is 0 Å². The second-order valence-electron chi connectivity index (χ2n) is 6.23. The summed E-state index contributed by atoms with van der Waals surface area (Å²) in [7, 11) is 0. The van der Waals surface area contributed by atoms with E-state index in [0.717, 1.165) is 24.2 Å². The normalized spacial score (nSPS) is 23.1. The van der Waals surface area contributed by atoms with Crippen molar-refractivity contribution in [1.82, 2.24) is 19.7 Å². The molecule has 19 heavy (non-hydrogen) atoms. The zero-order chi connectivity index (χ0) is 13.6. The smallest absolute Gasteiger partial charge is 0.147 e. The molecule has 2 aromatic heterocycles. The van der Waals surface area contributed by atoms with E-state index in [9.17, 15) is 5.11 Å². The summed E-state index contributed by atoms with van der Waals surface area (Å²) < 4.78 is 2.19. The topological polar surface area (TPSA) is 66.7 Å². The number of rotatable bonds is 2. The molecule has 0 radical (unpaired) electrons. The van der Waals surface area contributed by atoms with Gasteiger partial charge in [0.25, 0.3) is 0 Å². The number of fused-ring (bicyclic) bond motifs is 1. The maximum Gasteiger partial charge on any atom is 0.147 e. The lowest BCUT2D eigenvalue weighted by Gasteiger charge is -2.34. The Balaban J connectivity index is 2.01. The van der Waals surface area contributed by atoms with Crippen LogP contribution in [0.15, 0.2) is 18.6 Å². The summed E-state index contributed by atoms with van der Waals surface area (Å²) in [5.41, 5.74) is 2.40. The molecule has 0 amide bonds. The molecule has 0 fully saturated rings. The van der Waals surface area contributed by atoms with Crippen molar-refractivity contribution in [1.29, 1.82) is 0 Å². The minimum absolute atomic E-state index is 0.104. The third-order valence-corrected chi connectivity index (χ3v) is 4.06. The van der Waals surface area contributed by atoms with Gasteiger partial charge in [-0.3, -0.25) is 5.10 Å². The first kappa shape index (κ1) is 12.4. The Morgan fingerprint density at radius 1 is 1.53 bits per heavy atom. The minimum Gasteiger partial charge on any atom is -0.388 e. The number of aliphatic hydroxyl groups excluding tert-OH is 1. The van der Waals surface area contributed by atoms with Crippen LogP contribution in [0.25, 0.3) is 0 Å². The lowest BCUT2D eigenvalue weighted by molar-refractivity contribution is 0.0977. The summed E-state index contributed by atoms with van der Waals surface area (Å²) in [5.74, 6) is 0.844. The molecule has 1 aliphatic rings. The van der Waals surface area contributed by atoms with E-state index in [1.54, 1.807) is 0 Å². The number of hydrogen-bond donors (Lipinski definition) is 2. The summed E-state index contributed by atoms with van der Waals surface area (Å²) in [4.78, 5) is 4.23. The van der Waals surface area contributed by atoms with Crippen molar-refractivity contribution in [2.45, 2.75) is 45.8 Å². The number of aliphatic hydroxyl groups is 1. The number of nitrogens with zero attached hydrogens (tertiary/aromatic N) is 3. The van der Waals surface area contributed by atoms with E-state index in [1.165, 1.54) is 12.0 Å². The summed E-state index contributed by atoms with van der Waals surface area (Å²) in [6, 6.07) is 2.13. The van der Waals surface area contributed by atoms with Gasteiger partial charge < -0.3 is 9.67 Å². The Labute approximate surface area is 112 Å². The van der Waals surface area contributed by atoms with Gasteiger partial charge in [-0.1, -0.05) is 13.8 Å². The van der Waals surface area contributed by atoms with Crippen LogP contribution in [0.5, 0.6) is 0 Å². The molecule has 5 nitrogen and oxygen atoms in total. The number of hydrogen-bond acceptors (Lipinski definition) is 3. The molecule has 0 saturated heterocycles. The Hall–Kier alpha value is -1.62. The van der Waals surface area contributed by atoms with Gasteiger partial charge in [0.15, 0.2) is 0 Å². The number of aromatic nitrogens is 4. The minimum atomic E-state index is -0.359. The fourth-order valence-corrected chi connectivity index (χ4v) is 3.06. The van der Waals surface area contributed by atoms with Crippen LogP contribution in [0.4, 0.5) is 0 Å². The summed E-state index contributed by atoms with van der Waals surface area (Å²) in [6.07, 6.45) is 5.01. The molecule has 0 bridgehead atoms. The van der Waals surface area contributed by atoms with Gasteiger partial charge in [-0.15, -0.1) is 0 Å². The lowest BCUT2D eigenvalue weighted by atomic mass is 9.75. The van der Waals surface area contributed by atoms with Crippen LogP contribution in [0.3, 0.4) is 0 Å². The molecule has 0 aromatic carbocycles. The highest BCUT2D eigenvalue weighted by Gasteiger charge is 2.34. The predicted molar refractivity (Wildman–Crippen MR) is 71.7 cm³/mol. The highest BCUT2D eigenvalue weighted by atomic mass is 16.3. The van der Waals surface area contributed by atoms with Gasteiger partial charge >= 0.3 is 0 Å². The molecular weight excluding hydrogens is 240 g/mol. The van der Waals surface area contributed by atoms with Crippen molar-refractivity contribution >= 4 is 0 Å². The van der Waals surface area contributed by atoms with Gasteiger partial charge in [0.1, 0.15) is 12.2 Å². The van der Waals surface area contributed by atoms with Crippen molar-refractivity contribution in [3.63, 3.8) is 0 Å². The van der Waals surface area contributed by atoms with Crippen LogP contribution in [-0.4, -0.2) is 24.9 Å². The first-order chi connectivity index (χ1) is 8.98. The number of nitrogens with one attached hydrogen (secondary N) is 1. The van der Waals surface area contributed by atoms with Gasteiger partial charge in [0.05, 0.1) is 12.1 Å². The highest BCUT2D eigenvalue weighted by Crippen LogP contribution is 2.42. The standard InChI is InChI=1S/C14H20N4O/c1-9(13-15-8-16-17-13)18-5-4-10-11(18)6-14(2,3)7-12(10)19/h4-5,8-9,12,19H,6-7H2,1-3H3,(H,15,16,17). The maximum absolute atomic E-state index is 10.3. The fourth-order valence-electron chi connectivity index (χ4n) is 3.06. The number of H-pyrrole nitrogens is 1. The van der Waals surface area contributed by atoms with Gasteiger partial charge in [0, 0.05) is 17.5 Å². The first-order valence-corrected chi connectivity index (χ1v) is 6.71. The molecule has 5 heteroatoms. The summed E-state index contributed by atoms with van der Waals surface area (Å²) in [5, 5.41) is 17.1. The van der Waals surface area contributed by atoms with Crippen LogP contribution < -0.4 is 0 Å². The monoisotopic (exact) mass is 260 g/mol. The van der Waals surface area contributed by atoms with Crippen molar-refractivity contribution in [2.75, 3.05) is 0 Å². The van der Waals surface area contributed by atoms with E-state index in [2.05, 4.69) is 40.5 Å². The third kappa shape index (κ3) is 2.08. The van der Waals surface area contributed by atoms with Crippen molar-refractivity contribution in [3.8, 4) is 0 Å². The van der Waals surface area contributed by atoms with Crippen molar-refractivity contribution in [3.05, 3.63) is 35.7 Å². The molecule has 2 atom stereocenters. The van der Waals surface area contributed by atoms with E-state index in [4.69, 9.17) is 0 Å². The predicted octanol–water partition coefficient (Wildman–Crippen LogP) is 2.22. The maximum atomic E-state index is 10.3. The molecule has 0 aliphatic heterocycles. The summed E-state index contributed by atoms with van der Waals surface area (Å²) in [6.45, 7) is 6.50. The molecular formula is C14H20N4O. The van der Waals surface area contributed by atoms with E-state index in [0.29, 0.717) is 0 Å². The fraction of sp³-hybridized carbons (Fsp3) is 0.571. The SMILES string of the molecule is CC(c1ncn[nH]1)n1ccc2c1CC(C)(C)CC2O.